The summed E-state index contributed by atoms with van der Waals surface area (Å²) in [7, 11) is 0. The lowest BCUT2D eigenvalue weighted by atomic mass is 9.82. The minimum absolute atomic E-state index is 0.215. The van der Waals surface area contributed by atoms with Crippen molar-refractivity contribution in [2.45, 2.75) is 46.6 Å². The van der Waals surface area contributed by atoms with Gasteiger partial charge < -0.3 is 0 Å². The Morgan fingerprint density at radius 1 is 1.05 bits per heavy atom. The molecule has 2 aromatic carbocycles. The number of fused-ring (bicyclic) bond motifs is 1. The van der Waals surface area contributed by atoms with Crippen LogP contribution in [0, 0.1) is 11.3 Å². The molecule has 2 heteroatoms. The average molecular weight is 284 g/mol. The van der Waals surface area contributed by atoms with Gasteiger partial charge in [-0.1, -0.05) is 64.1 Å². The average Bonchev–Trinajstić information content (AvgIpc) is 2.42. The number of benzene rings is 2. The first-order chi connectivity index (χ1) is 9.89. The van der Waals surface area contributed by atoms with E-state index >= 15 is 0 Å². The Morgan fingerprint density at radius 3 is 2.33 bits per heavy atom. The monoisotopic (exact) mass is 284 g/mol. The van der Waals surface area contributed by atoms with E-state index in [1.165, 1.54) is 22.8 Å². The first-order valence-electron chi connectivity index (χ1n) is 7.84. The summed E-state index contributed by atoms with van der Waals surface area (Å²) in [6, 6.07) is 15.3. The van der Waals surface area contributed by atoms with Gasteiger partial charge >= 0.3 is 0 Å². The summed E-state index contributed by atoms with van der Waals surface area (Å²) in [4.78, 5) is 0. The van der Waals surface area contributed by atoms with Crippen molar-refractivity contribution in [1.82, 2.24) is 5.43 Å². The highest BCUT2D eigenvalue weighted by atomic mass is 15.2. The summed E-state index contributed by atoms with van der Waals surface area (Å²) >= 11 is 0. The van der Waals surface area contributed by atoms with Crippen LogP contribution in [0.5, 0.6) is 0 Å². The zero-order valence-corrected chi connectivity index (χ0v) is 13.7. The first kappa shape index (κ1) is 16.0. The van der Waals surface area contributed by atoms with Crippen LogP contribution in [0.1, 0.15) is 52.1 Å². The molecular weight excluding hydrogens is 256 g/mol. The number of hydrogen-bond donors (Lipinski definition) is 2. The van der Waals surface area contributed by atoms with Gasteiger partial charge in [-0.2, -0.15) is 0 Å². The van der Waals surface area contributed by atoms with Crippen LogP contribution >= 0.6 is 0 Å². The fourth-order valence-corrected chi connectivity index (χ4v) is 3.26. The minimum Gasteiger partial charge on any atom is -0.271 e. The van der Waals surface area contributed by atoms with Crippen molar-refractivity contribution in [1.29, 1.82) is 0 Å². The van der Waals surface area contributed by atoms with E-state index in [1.807, 2.05) is 0 Å². The summed E-state index contributed by atoms with van der Waals surface area (Å²) in [6.45, 7) is 9.20. The van der Waals surface area contributed by atoms with Crippen LogP contribution in [0.25, 0.3) is 10.8 Å². The maximum Gasteiger partial charge on any atom is 0.0462 e. The Bertz CT molecular complexity index is 583. The number of nitrogens with one attached hydrogen (secondary N) is 1. The molecule has 0 aliphatic rings. The van der Waals surface area contributed by atoms with Crippen molar-refractivity contribution in [3.8, 4) is 0 Å². The SMILES string of the molecule is CC(CC(NN)c1ccc2ccccc2c1)CC(C)(C)C. The van der Waals surface area contributed by atoms with Gasteiger partial charge in [0.1, 0.15) is 0 Å². The van der Waals surface area contributed by atoms with Gasteiger partial charge in [0.2, 0.25) is 0 Å². The van der Waals surface area contributed by atoms with Crippen molar-refractivity contribution in [2.24, 2.45) is 17.2 Å². The highest BCUT2D eigenvalue weighted by Gasteiger charge is 2.19. The van der Waals surface area contributed by atoms with Gasteiger partial charge in [0.25, 0.3) is 0 Å². The zero-order chi connectivity index (χ0) is 15.5. The lowest BCUT2D eigenvalue weighted by Crippen LogP contribution is -2.30. The van der Waals surface area contributed by atoms with E-state index in [4.69, 9.17) is 5.84 Å². The van der Waals surface area contributed by atoms with Crippen LogP contribution in [0.15, 0.2) is 42.5 Å². The van der Waals surface area contributed by atoms with Gasteiger partial charge in [-0.05, 0) is 46.6 Å². The molecule has 0 saturated heterocycles. The first-order valence-corrected chi connectivity index (χ1v) is 7.84. The quantitative estimate of drug-likeness (QED) is 0.611. The van der Waals surface area contributed by atoms with Crippen LogP contribution < -0.4 is 11.3 Å². The normalized spacial score (nSPS) is 15.1. The third kappa shape index (κ3) is 4.55. The highest BCUT2D eigenvalue weighted by Crippen LogP contribution is 2.31. The molecule has 2 aromatic rings. The summed E-state index contributed by atoms with van der Waals surface area (Å²) in [6.07, 6.45) is 2.27. The number of hydrazine groups is 1. The highest BCUT2D eigenvalue weighted by molar-refractivity contribution is 5.83. The third-order valence-electron chi connectivity index (χ3n) is 3.98. The maximum absolute atomic E-state index is 5.81. The van der Waals surface area contributed by atoms with E-state index in [0.29, 0.717) is 11.3 Å². The zero-order valence-electron chi connectivity index (χ0n) is 13.7. The van der Waals surface area contributed by atoms with Crippen LogP contribution in [0.3, 0.4) is 0 Å². The second-order valence-corrected chi connectivity index (χ2v) is 7.43. The summed E-state index contributed by atoms with van der Waals surface area (Å²) in [5, 5.41) is 2.55. The second-order valence-electron chi connectivity index (χ2n) is 7.43. The molecule has 2 nitrogen and oxygen atoms in total. The molecule has 0 bridgehead atoms. The Kier molecular flexibility index (Phi) is 5.02. The predicted octanol–water partition coefficient (Wildman–Crippen LogP) is 4.81. The molecule has 0 aliphatic heterocycles. The molecule has 21 heavy (non-hydrogen) atoms. The number of nitrogens with two attached hydrogens (primary N) is 1. The van der Waals surface area contributed by atoms with Gasteiger partial charge in [0.05, 0.1) is 0 Å². The fraction of sp³-hybridized carbons (Fsp3) is 0.474. The van der Waals surface area contributed by atoms with Crippen LogP contribution in [-0.2, 0) is 0 Å². The van der Waals surface area contributed by atoms with Crippen molar-refractivity contribution in [2.75, 3.05) is 0 Å². The van der Waals surface area contributed by atoms with E-state index in [1.54, 1.807) is 0 Å². The Labute approximate surface area is 128 Å². The van der Waals surface area contributed by atoms with E-state index in [-0.39, 0.29) is 6.04 Å². The second kappa shape index (κ2) is 6.59. The molecule has 0 amide bonds. The van der Waals surface area contributed by atoms with Gasteiger partial charge in [-0.15, -0.1) is 0 Å². The lowest BCUT2D eigenvalue weighted by molar-refractivity contribution is 0.276. The van der Waals surface area contributed by atoms with Gasteiger partial charge in [0.15, 0.2) is 0 Å². The molecule has 2 atom stereocenters. The summed E-state index contributed by atoms with van der Waals surface area (Å²) < 4.78 is 0. The van der Waals surface area contributed by atoms with Crippen LogP contribution in [-0.4, -0.2) is 0 Å². The Hall–Kier alpha value is -1.38. The molecule has 0 heterocycles. The molecule has 0 spiro atoms. The molecule has 0 saturated carbocycles. The van der Waals surface area contributed by atoms with E-state index < -0.39 is 0 Å². The van der Waals surface area contributed by atoms with E-state index in [9.17, 15) is 0 Å². The standard InChI is InChI=1S/C19H28N2/c1-14(13-19(2,3)4)11-18(21-20)17-10-9-15-7-5-6-8-16(15)12-17/h5-10,12,14,18,21H,11,13,20H2,1-4H3. The minimum atomic E-state index is 0.215. The molecule has 0 radical (unpaired) electrons. The largest absolute Gasteiger partial charge is 0.271 e. The van der Waals surface area contributed by atoms with Gasteiger partial charge in [-0.3, -0.25) is 11.3 Å². The molecule has 0 aromatic heterocycles. The summed E-state index contributed by atoms with van der Waals surface area (Å²) in [5.41, 5.74) is 4.64. The van der Waals surface area contributed by atoms with Crippen molar-refractivity contribution in [3.05, 3.63) is 48.0 Å². The van der Waals surface area contributed by atoms with Crippen molar-refractivity contribution >= 4 is 10.8 Å². The maximum atomic E-state index is 5.81. The van der Waals surface area contributed by atoms with E-state index in [0.717, 1.165) is 6.42 Å². The molecule has 0 fully saturated rings. The number of rotatable bonds is 5. The third-order valence-corrected chi connectivity index (χ3v) is 3.98. The topological polar surface area (TPSA) is 38.0 Å². The van der Waals surface area contributed by atoms with Gasteiger partial charge in [-0.25, -0.2) is 0 Å². The predicted molar refractivity (Wildman–Crippen MR) is 91.9 cm³/mol. The van der Waals surface area contributed by atoms with Crippen molar-refractivity contribution in [3.63, 3.8) is 0 Å². The molecule has 2 rings (SSSR count). The molecule has 3 N–H and O–H groups in total. The van der Waals surface area contributed by atoms with Crippen molar-refractivity contribution < 1.29 is 0 Å². The van der Waals surface area contributed by atoms with Gasteiger partial charge in [0, 0.05) is 6.04 Å². The molecule has 0 aliphatic carbocycles. The Morgan fingerprint density at radius 2 is 1.71 bits per heavy atom. The lowest BCUT2D eigenvalue weighted by Gasteiger charge is -2.26. The van der Waals surface area contributed by atoms with E-state index in [2.05, 4.69) is 75.6 Å². The fourth-order valence-electron chi connectivity index (χ4n) is 3.26. The smallest absolute Gasteiger partial charge is 0.0462 e. The number of hydrogen-bond acceptors (Lipinski definition) is 2. The molecule has 2 unspecified atom stereocenters. The Balaban J connectivity index is 2.15. The van der Waals surface area contributed by atoms with Crippen LogP contribution in [0.4, 0.5) is 0 Å². The summed E-state index contributed by atoms with van der Waals surface area (Å²) in [5.74, 6) is 6.45. The molecule has 114 valence electrons. The molecular formula is C19H28N2. The van der Waals surface area contributed by atoms with Crippen LogP contribution in [0.2, 0.25) is 0 Å².